The van der Waals surface area contributed by atoms with E-state index in [9.17, 15) is 4.79 Å². The minimum atomic E-state index is -0.633. The normalized spacial score (nSPS) is 28.8. The molecule has 0 aromatic carbocycles. The van der Waals surface area contributed by atoms with Crippen molar-refractivity contribution >= 4 is 5.97 Å². The third kappa shape index (κ3) is 3.00. The second kappa shape index (κ2) is 4.33. The molecule has 1 rings (SSSR count). The summed E-state index contributed by atoms with van der Waals surface area (Å²) in [7, 11) is 0. The Morgan fingerprint density at radius 2 is 1.86 bits per heavy atom. The Kier molecular flexibility index (Phi) is 3.57. The number of aliphatic carboxylic acids is 1. The van der Waals surface area contributed by atoms with Crippen LogP contribution in [0.3, 0.4) is 0 Å². The summed E-state index contributed by atoms with van der Waals surface area (Å²) in [6.07, 6.45) is 5.17. The lowest BCUT2D eigenvalue weighted by molar-refractivity contribution is -0.139. The van der Waals surface area contributed by atoms with E-state index < -0.39 is 5.97 Å². The van der Waals surface area contributed by atoms with Gasteiger partial charge >= 0.3 is 5.97 Å². The molecular formula is C12H22O2. The molecule has 0 radical (unpaired) electrons. The molecule has 2 nitrogen and oxygen atoms in total. The Hall–Kier alpha value is -0.530. The molecule has 1 N–H and O–H groups in total. The van der Waals surface area contributed by atoms with Gasteiger partial charge in [0, 0.05) is 6.42 Å². The fourth-order valence-electron chi connectivity index (χ4n) is 2.82. The van der Waals surface area contributed by atoms with E-state index in [4.69, 9.17) is 5.11 Å². The summed E-state index contributed by atoms with van der Waals surface area (Å²) in [6, 6.07) is 0. The van der Waals surface area contributed by atoms with Gasteiger partial charge in [-0.2, -0.15) is 0 Å². The van der Waals surface area contributed by atoms with Gasteiger partial charge in [0.2, 0.25) is 0 Å². The van der Waals surface area contributed by atoms with Crippen LogP contribution in [0.15, 0.2) is 0 Å². The van der Waals surface area contributed by atoms with Crippen LogP contribution in [0.2, 0.25) is 0 Å². The van der Waals surface area contributed by atoms with Gasteiger partial charge in [-0.15, -0.1) is 0 Å². The van der Waals surface area contributed by atoms with Crippen molar-refractivity contribution in [3.05, 3.63) is 0 Å². The molecule has 2 atom stereocenters. The molecule has 0 unspecified atom stereocenters. The van der Waals surface area contributed by atoms with Crippen LogP contribution in [0.4, 0.5) is 0 Å². The Labute approximate surface area is 86.7 Å². The predicted octanol–water partition coefficient (Wildman–Crippen LogP) is 3.31. The smallest absolute Gasteiger partial charge is 0.303 e. The maximum absolute atomic E-state index is 10.7. The van der Waals surface area contributed by atoms with E-state index in [0.29, 0.717) is 18.3 Å². The minimum Gasteiger partial charge on any atom is -0.481 e. The summed E-state index contributed by atoms with van der Waals surface area (Å²) < 4.78 is 0. The molecule has 14 heavy (non-hydrogen) atoms. The molecule has 0 aromatic heterocycles. The average Bonchev–Trinajstić information content (AvgIpc) is 2.01. The monoisotopic (exact) mass is 198 g/mol. The van der Waals surface area contributed by atoms with E-state index in [2.05, 4.69) is 20.8 Å². The van der Waals surface area contributed by atoms with Gasteiger partial charge in [-0.25, -0.2) is 0 Å². The van der Waals surface area contributed by atoms with Crippen molar-refractivity contribution < 1.29 is 9.90 Å². The van der Waals surface area contributed by atoms with Crippen LogP contribution in [-0.2, 0) is 4.79 Å². The fraction of sp³-hybridized carbons (Fsp3) is 0.917. The highest BCUT2D eigenvalue weighted by molar-refractivity contribution is 5.67. The number of rotatable bonds is 2. The average molecular weight is 198 g/mol. The number of carbonyl (C=O) groups is 1. The Bertz CT molecular complexity index is 203. The zero-order valence-corrected chi connectivity index (χ0v) is 9.55. The van der Waals surface area contributed by atoms with Gasteiger partial charge in [0.1, 0.15) is 0 Å². The van der Waals surface area contributed by atoms with Gasteiger partial charge in [0.25, 0.3) is 0 Å². The molecule has 0 saturated heterocycles. The number of carboxylic acid groups (broad SMARTS) is 1. The second-order valence-electron chi connectivity index (χ2n) is 5.61. The summed E-state index contributed by atoms with van der Waals surface area (Å²) in [6.45, 7) is 6.70. The number of hydrogen-bond acceptors (Lipinski definition) is 1. The Balaban J connectivity index is 2.64. The van der Waals surface area contributed by atoms with Crippen molar-refractivity contribution in [3.63, 3.8) is 0 Å². The third-order valence-electron chi connectivity index (χ3n) is 3.46. The van der Waals surface area contributed by atoms with Gasteiger partial charge in [0.15, 0.2) is 0 Å². The first-order valence-electron chi connectivity index (χ1n) is 5.63. The van der Waals surface area contributed by atoms with Gasteiger partial charge in [-0.05, 0) is 30.1 Å². The first-order chi connectivity index (χ1) is 6.41. The van der Waals surface area contributed by atoms with Crippen LogP contribution >= 0.6 is 0 Å². The molecule has 1 aliphatic carbocycles. The van der Waals surface area contributed by atoms with E-state index in [1.165, 1.54) is 19.3 Å². The van der Waals surface area contributed by atoms with E-state index in [-0.39, 0.29) is 5.41 Å². The van der Waals surface area contributed by atoms with Crippen molar-refractivity contribution in [1.29, 1.82) is 0 Å². The van der Waals surface area contributed by atoms with Gasteiger partial charge < -0.3 is 5.11 Å². The van der Waals surface area contributed by atoms with E-state index >= 15 is 0 Å². The lowest BCUT2D eigenvalue weighted by Gasteiger charge is -2.40. The summed E-state index contributed by atoms with van der Waals surface area (Å²) in [4.78, 5) is 10.7. The maximum atomic E-state index is 10.7. The highest BCUT2D eigenvalue weighted by Gasteiger charge is 2.34. The maximum Gasteiger partial charge on any atom is 0.303 e. The van der Waals surface area contributed by atoms with Crippen LogP contribution in [0.1, 0.15) is 52.9 Å². The lowest BCUT2D eigenvalue weighted by atomic mass is 9.65. The summed E-state index contributed by atoms with van der Waals surface area (Å²) in [5.41, 5.74) is 0.264. The molecule has 2 heteroatoms. The Morgan fingerprint density at radius 3 is 2.36 bits per heavy atom. The molecular weight excluding hydrogens is 176 g/mol. The molecule has 1 fully saturated rings. The van der Waals surface area contributed by atoms with Crippen LogP contribution < -0.4 is 0 Å². The molecule has 0 aliphatic heterocycles. The van der Waals surface area contributed by atoms with Crippen molar-refractivity contribution in [2.45, 2.75) is 52.9 Å². The first kappa shape index (κ1) is 11.5. The zero-order valence-electron chi connectivity index (χ0n) is 9.55. The zero-order chi connectivity index (χ0) is 10.8. The van der Waals surface area contributed by atoms with Gasteiger partial charge in [-0.3, -0.25) is 4.79 Å². The van der Waals surface area contributed by atoms with Crippen LogP contribution in [0.5, 0.6) is 0 Å². The van der Waals surface area contributed by atoms with Crippen LogP contribution in [-0.4, -0.2) is 11.1 Å². The standard InChI is InChI=1S/C12H22O2/c1-12(2,3)10-7-5-4-6-9(10)8-11(13)14/h9-10H,4-8H2,1-3H3,(H,13,14)/t9-,10-/m0/s1. The molecule has 0 aromatic rings. The minimum absolute atomic E-state index is 0.264. The molecule has 1 aliphatic rings. The SMILES string of the molecule is CC(C)(C)[C@H]1CCCC[C@H]1CC(=O)O. The summed E-state index contributed by atoms with van der Waals surface area (Å²) in [5.74, 6) is 0.361. The fourth-order valence-corrected chi connectivity index (χ4v) is 2.82. The third-order valence-corrected chi connectivity index (χ3v) is 3.46. The highest BCUT2D eigenvalue weighted by atomic mass is 16.4. The summed E-state index contributed by atoms with van der Waals surface area (Å²) >= 11 is 0. The molecule has 82 valence electrons. The van der Waals surface area contributed by atoms with Crippen LogP contribution in [0, 0.1) is 17.3 Å². The highest BCUT2D eigenvalue weighted by Crippen LogP contribution is 2.43. The first-order valence-corrected chi connectivity index (χ1v) is 5.63. The van der Waals surface area contributed by atoms with Gasteiger partial charge in [0.05, 0.1) is 0 Å². The van der Waals surface area contributed by atoms with Crippen molar-refractivity contribution in [2.24, 2.45) is 17.3 Å². The second-order valence-corrected chi connectivity index (χ2v) is 5.61. The van der Waals surface area contributed by atoms with Crippen molar-refractivity contribution in [1.82, 2.24) is 0 Å². The van der Waals surface area contributed by atoms with Crippen molar-refractivity contribution in [2.75, 3.05) is 0 Å². The molecule has 0 bridgehead atoms. The topological polar surface area (TPSA) is 37.3 Å². The largest absolute Gasteiger partial charge is 0.481 e. The molecule has 0 heterocycles. The quantitative estimate of drug-likeness (QED) is 0.739. The van der Waals surface area contributed by atoms with E-state index in [0.717, 1.165) is 6.42 Å². The number of carboxylic acids is 1. The Morgan fingerprint density at radius 1 is 1.29 bits per heavy atom. The lowest BCUT2D eigenvalue weighted by Crippen LogP contribution is -2.32. The molecule has 0 spiro atoms. The van der Waals surface area contributed by atoms with Crippen molar-refractivity contribution in [3.8, 4) is 0 Å². The van der Waals surface area contributed by atoms with E-state index in [1.807, 2.05) is 0 Å². The summed E-state index contributed by atoms with van der Waals surface area (Å²) in [5, 5.41) is 8.85. The van der Waals surface area contributed by atoms with Crippen LogP contribution in [0.25, 0.3) is 0 Å². The predicted molar refractivity (Wildman–Crippen MR) is 57.2 cm³/mol. The van der Waals surface area contributed by atoms with Gasteiger partial charge in [-0.1, -0.05) is 33.6 Å². The molecule has 0 amide bonds. The van der Waals surface area contributed by atoms with E-state index in [1.54, 1.807) is 0 Å². The molecule has 1 saturated carbocycles. The number of hydrogen-bond donors (Lipinski definition) is 1.